The molecule has 0 atom stereocenters. The molecule has 1 aliphatic heterocycles. The number of rotatable bonds is 5. The molecule has 36 heavy (non-hydrogen) atoms. The number of aromatic nitrogens is 4. The van der Waals surface area contributed by atoms with Gasteiger partial charge in [0, 0.05) is 17.3 Å². The van der Waals surface area contributed by atoms with Gasteiger partial charge in [0.1, 0.15) is 5.76 Å². The molecule has 0 bridgehead atoms. The van der Waals surface area contributed by atoms with E-state index in [2.05, 4.69) is 20.3 Å². The van der Waals surface area contributed by atoms with Gasteiger partial charge in [-0.3, -0.25) is 19.5 Å². The van der Waals surface area contributed by atoms with Crippen molar-refractivity contribution in [2.24, 2.45) is 0 Å². The lowest BCUT2D eigenvalue weighted by Crippen LogP contribution is -2.51. The summed E-state index contributed by atoms with van der Waals surface area (Å²) >= 11 is 0. The molecular weight excluding hydrogens is 472 g/mol. The summed E-state index contributed by atoms with van der Waals surface area (Å²) in [7, 11) is 0. The maximum atomic E-state index is 13.7. The number of imide groups is 1. The van der Waals surface area contributed by atoms with Crippen LogP contribution in [-0.4, -0.2) is 37.1 Å². The lowest BCUT2D eigenvalue weighted by Gasteiger charge is -2.38. The number of nitrogens with zero attached hydrogens (tertiary/aromatic N) is 5. The number of hydrogen-bond donors (Lipinski definition) is 0. The molecule has 5 rings (SSSR count). The van der Waals surface area contributed by atoms with Gasteiger partial charge in [0.05, 0.1) is 34.5 Å². The molecule has 9 nitrogen and oxygen atoms in total. The van der Waals surface area contributed by atoms with Gasteiger partial charge in [0.15, 0.2) is 0 Å². The van der Waals surface area contributed by atoms with Crippen LogP contribution in [0.15, 0.2) is 45.5 Å². The van der Waals surface area contributed by atoms with Gasteiger partial charge in [-0.25, -0.2) is 0 Å². The molecule has 184 valence electrons. The minimum Gasteiger partial charge on any atom is -0.415 e. The molecule has 0 aliphatic carbocycles. The Labute approximate surface area is 204 Å². The molecule has 0 radical (unpaired) electrons. The van der Waals surface area contributed by atoms with E-state index in [1.807, 2.05) is 12.1 Å². The topological polar surface area (TPSA) is 115 Å². The Morgan fingerprint density at radius 3 is 2.44 bits per heavy atom. The minimum absolute atomic E-state index is 0.0805. The van der Waals surface area contributed by atoms with E-state index in [0.29, 0.717) is 39.4 Å². The van der Waals surface area contributed by atoms with Crippen LogP contribution in [0.2, 0.25) is 0 Å². The second kappa shape index (κ2) is 8.43. The molecule has 1 aliphatic rings. The van der Waals surface area contributed by atoms with Crippen LogP contribution < -0.4 is 0 Å². The van der Waals surface area contributed by atoms with Crippen molar-refractivity contribution in [3.8, 4) is 22.6 Å². The molecule has 0 spiro atoms. The fourth-order valence-electron chi connectivity index (χ4n) is 4.45. The molecule has 4 aromatic rings. The SMILES string of the molecule is Cc1noc(C)c1-c1cccc2c1C(=O)N(Cc1ccc(-c3nnc(C(F)F)o3)cn1)C(=O)C2(C)C. The van der Waals surface area contributed by atoms with E-state index in [9.17, 15) is 18.4 Å². The standard InChI is InChI=1S/C25H21F2N5O4/c1-12-18(13(2)36-31-12)16-6-5-7-17-19(16)23(33)32(24(34)25(17,3)4)11-15-9-8-14(10-28-15)21-29-30-22(35-21)20(26)27/h5-10,20H,11H2,1-4H3. The summed E-state index contributed by atoms with van der Waals surface area (Å²) in [4.78, 5) is 32.7. The molecule has 4 heterocycles. The summed E-state index contributed by atoms with van der Waals surface area (Å²) in [6.07, 6.45) is -1.51. The number of hydrogen-bond acceptors (Lipinski definition) is 8. The molecule has 0 saturated heterocycles. The molecule has 0 fully saturated rings. The molecule has 0 unspecified atom stereocenters. The van der Waals surface area contributed by atoms with Gasteiger partial charge in [0.25, 0.3) is 11.8 Å². The fraction of sp³-hybridized carbons (Fsp3) is 0.280. The first-order valence-electron chi connectivity index (χ1n) is 11.1. The van der Waals surface area contributed by atoms with Crippen LogP contribution in [0.4, 0.5) is 8.78 Å². The Bertz CT molecular complexity index is 1470. The third-order valence-electron chi connectivity index (χ3n) is 6.30. The highest BCUT2D eigenvalue weighted by molar-refractivity contribution is 6.16. The summed E-state index contributed by atoms with van der Waals surface area (Å²) in [6, 6.07) is 8.55. The maximum Gasteiger partial charge on any atom is 0.314 e. The van der Waals surface area contributed by atoms with Gasteiger partial charge >= 0.3 is 6.43 Å². The molecule has 1 aromatic carbocycles. The molecule has 11 heteroatoms. The van der Waals surface area contributed by atoms with Crippen molar-refractivity contribution < 1.29 is 27.3 Å². The first kappa shape index (κ1) is 23.5. The van der Waals surface area contributed by atoms with Crippen LogP contribution in [0.25, 0.3) is 22.6 Å². The zero-order valence-corrected chi connectivity index (χ0v) is 19.9. The van der Waals surface area contributed by atoms with E-state index in [1.165, 1.54) is 11.1 Å². The number of pyridine rings is 1. The zero-order chi connectivity index (χ0) is 25.8. The minimum atomic E-state index is -2.88. The average Bonchev–Trinajstić information content (AvgIpc) is 3.48. The number of carbonyl (C=O) groups excluding carboxylic acids is 2. The van der Waals surface area contributed by atoms with Crippen molar-refractivity contribution in [3.63, 3.8) is 0 Å². The average molecular weight is 493 g/mol. The van der Waals surface area contributed by atoms with Crippen LogP contribution in [0.3, 0.4) is 0 Å². The second-order valence-electron chi connectivity index (χ2n) is 9.03. The molecule has 2 amide bonds. The number of alkyl halides is 2. The number of amides is 2. The van der Waals surface area contributed by atoms with Crippen molar-refractivity contribution in [1.82, 2.24) is 25.2 Å². The Morgan fingerprint density at radius 2 is 1.83 bits per heavy atom. The van der Waals surface area contributed by atoms with Gasteiger partial charge in [-0.1, -0.05) is 23.4 Å². The summed E-state index contributed by atoms with van der Waals surface area (Å²) in [5.74, 6) is -1.12. The van der Waals surface area contributed by atoms with E-state index in [4.69, 9.17) is 8.94 Å². The quantitative estimate of drug-likeness (QED) is 0.364. The Morgan fingerprint density at radius 1 is 1.06 bits per heavy atom. The highest BCUT2D eigenvalue weighted by atomic mass is 19.3. The Balaban J connectivity index is 1.50. The predicted octanol–water partition coefficient (Wildman–Crippen LogP) is 4.80. The predicted molar refractivity (Wildman–Crippen MR) is 122 cm³/mol. The smallest absolute Gasteiger partial charge is 0.314 e. The lowest BCUT2D eigenvalue weighted by molar-refractivity contribution is -0.134. The van der Waals surface area contributed by atoms with Gasteiger partial charge in [-0.2, -0.15) is 8.78 Å². The van der Waals surface area contributed by atoms with Crippen molar-refractivity contribution in [2.45, 2.75) is 46.1 Å². The molecule has 3 aromatic heterocycles. The van der Waals surface area contributed by atoms with Crippen molar-refractivity contribution in [1.29, 1.82) is 0 Å². The number of carbonyl (C=O) groups is 2. The maximum absolute atomic E-state index is 13.7. The van der Waals surface area contributed by atoms with Crippen LogP contribution in [0.5, 0.6) is 0 Å². The van der Waals surface area contributed by atoms with Crippen LogP contribution >= 0.6 is 0 Å². The first-order chi connectivity index (χ1) is 17.1. The monoisotopic (exact) mass is 493 g/mol. The van der Waals surface area contributed by atoms with Crippen molar-refractivity contribution in [2.75, 3.05) is 0 Å². The number of fused-ring (bicyclic) bond motifs is 1. The normalized spacial score (nSPS) is 15.0. The summed E-state index contributed by atoms with van der Waals surface area (Å²) in [5.41, 5.74) is 2.82. The Hall–Kier alpha value is -4.28. The number of aryl methyl sites for hydroxylation is 2. The van der Waals surface area contributed by atoms with Crippen molar-refractivity contribution >= 4 is 11.8 Å². The highest BCUT2D eigenvalue weighted by Crippen LogP contribution is 2.41. The summed E-state index contributed by atoms with van der Waals surface area (Å²) < 4.78 is 35.7. The van der Waals surface area contributed by atoms with Crippen LogP contribution in [0, 0.1) is 13.8 Å². The lowest BCUT2D eigenvalue weighted by atomic mass is 9.75. The van der Waals surface area contributed by atoms with Gasteiger partial charge in [-0.15, -0.1) is 10.2 Å². The van der Waals surface area contributed by atoms with Crippen LogP contribution in [-0.2, 0) is 16.8 Å². The molecule has 0 N–H and O–H groups in total. The van der Waals surface area contributed by atoms with Gasteiger partial charge in [-0.05, 0) is 45.4 Å². The van der Waals surface area contributed by atoms with Gasteiger partial charge in [0.2, 0.25) is 11.8 Å². The highest BCUT2D eigenvalue weighted by Gasteiger charge is 2.46. The third kappa shape index (κ3) is 3.67. The number of benzene rings is 1. The number of halogens is 2. The van der Waals surface area contributed by atoms with E-state index >= 15 is 0 Å². The summed E-state index contributed by atoms with van der Waals surface area (Å²) in [6.45, 7) is 7.04. The van der Waals surface area contributed by atoms with Crippen LogP contribution in [0.1, 0.15) is 59.2 Å². The van der Waals surface area contributed by atoms with E-state index in [0.717, 1.165) is 5.56 Å². The molecule has 0 saturated carbocycles. The van der Waals surface area contributed by atoms with E-state index in [1.54, 1.807) is 45.9 Å². The molecular formula is C25H21F2N5O4. The first-order valence-corrected chi connectivity index (χ1v) is 11.1. The fourth-order valence-corrected chi connectivity index (χ4v) is 4.45. The van der Waals surface area contributed by atoms with Gasteiger partial charge < -0.3 is 8.94 Å². The largest absolute Gasteiger partial charge is 0.415 e. The third-order valence-corrected chi connectivity index (χ3v) is 6.30. The summed E-state index contributed by atoms with van der Waals surface area (Å²) in [5, 5.41) is 10.9. The van der Waals surface area contributed by atoms with Crippen molar-refractivity contribution in [3.05, 3.63) is 70.7 Å². The second-order valence-corrected chi connectivity index (χ2v) is 9.03. The zero-order valence-electron chi connectivity index (χ0n) is 19.9. The Kier molecular flexibility index (Phi) is 5.50. The van der Waals surface area contributed by atoms with E-state index in [-0.39, 0.29) is 18.3 Å². The van der Waals surface area contributed by atoms with E-state index < -0.39 is 23.6 Å².